The topological polar surface area (TPSA) is 21.3 Å². The molecule has 1 aromatic heterocycles. The summed E-state index contributed by atoms with van der Waals surface area (Å²) in [6.45, 7) is 2.90. The Kier molecular flexibility index (Phi) is 4.79. The molecule has 0 amide bonds. The van der Waals surface area contributed by atoms with Crippen molar-refractivity contribution in [1.82, 2.24) is 0 Å². The summed E-state index contributed by atoms with van der Waals surface area (Å²) in [6, 6.07) is 13.0. The highest BCUT2D eigenvalue weighted by Gasteiger charge is 2.10. The monoisotopic (exact) mass is 261 g/mol. The Morgan fingerprint density at radius 3 is 2.72 bits per heavy atom. The first kappa shape index (κ1) is 13.1. The number of rotatable bonds is 6. The average Bonchev–Trinajstić information content (AvgIpc) is 2.92. The Morgan fingerprint density at radius 2 is 2.06 bits per heavy atom. The van der Waals surface area contributed by atoms with Crippen LogP contribution in [-0.2, 0) is 4.74 Å². The Hall–Kier alpha value is -1.32. The summed E-state index contributed by atoms with van der Waals surface area (Å²) >= 11 is 1.77. The number of anilines is 1. The van der Waals surface area contributed by atoms with Gasteiger partial charge in [0.05, 0.1) is 6.61 Å². The van der Waals surface area contributed by atoms with Crippen LogP contribution in [-0.4, -0.2) is 19.8 Å². The lowest BCUT2D eigenvalue weighted by Crippen LogP contribution is -2.24. The van der Waals surface area contributed by atoms with Gasteiger partial charge in [0.2, 0.25) is 0 Å². The molecular weight excluding hydrogens is 242 g/mol. The summed E-state index contributed by atoms with van der Waals surface area (Å²) in [5.74, 6) is 0. The molecular formula is C15H19NOS. The smallest absolute Gasteiger partial charge is 0.0663 e. The summed E-state index contributed by atoms with van der Waals surface area (Å²) < 4.78 is 5.24. The number of thiophene rings is 1. The molecule has 1 N–H and O–H groups in total. The Bertz CT molecular complexity index is 467. The van der Waals surface area contributed by atoms with E-state index in [-0.39, 0.29) is 0 Å². The molecule has 0 saturated heterocycles. The molecule has 1 atom stereocenters. The molecule has 0 bridgehead atoms. The second-order valence-corrected chi connectivity index (χ2v) is 5.18. The molecule has 1 unspecified atom stereocenters. The minimum Gasteiger partial charge on any atom is -0.383 e. The molecule has 2 rings (SSSR count). The molecule has 0 aliphatic carbocycles. The number of ether oxygens (including phenoxy) is 1. The lowest BCUT2D eigenvalue weighted by atomic mass is 10.1. The largest absolute Gasteiger partial charge is 0.383 e. The van der Waals surface area contributed by atoms with Crippen LogP contribution in [0.3, 0.4) is 0 Å². The summed E-state index contributed by atoms with van der Waals surface area (Å²) in [7, 11) is 1.75. The number of methoxy groups -OCH3 is 1. The molecule has 0 fully saturated rings. The maximum Gasteiger partial charge on any atom is 0.0663 e. The van der Waals surface area contributed by atoms with E-state index >= 15 is 0 Å². The van der Waals surface area contributed by atoms with Gasteiger partial charge in [0, 0.05) is 29.3 Å². The van der Waals surface area contributed by atoms with E-state index in [1.165, 1.54) is 16.1 Å². The van der Waals surface area contributed by atoms with Crippen LogP contribution in [0.2, 0.25) is 0 Å². The van der Waals surface area contributed by atoms with Crippen molar-refractivity contribution < 1.29 is 4.74 Å². The maximum atomic E-state index is 5.24. The number of benzene rings is 1. The highest BCUT2D eigenvalue weighted by Crippen LogP contribution is 2.31. The standard InChI is InChI=1S/C15H19NOS/c1-3-12(11-17-2)16-14-8-5-4-7-13(14)15-9-6-10-18-15/h4-10,12,16H,3,11H2,1-2H3. The predicted molar refractivity (Wildman–Crippen MR) is 79.3 cm³/mol. The van der Waals surface area contributed by atoms with Gasteiger partial charge in [0.1, 0.15) is 0 Å². The zero-order valence-corrected chi connectivity index (χ0v) is 11.7. The van der Waals surface area contributed by atoms with E-state index in [1.54, 1.807) is 18.4 Å². The second-order valence-electron chi connectivity index (χ2n) is 4.23. The van der Waals surface area contributed by atoms with Crippen molar-refractivity contribution in [2.24, 2.45) is 0 Å². The van der Waals surface area contributed by atoms with Gasteiger partial charge >= 0.3 is 0 Å². The lowest BCUT2D eigenvalue weighted by molar-refractivity contribution is 0.184. The van der Waals surface area contributed by atoms with Crippen LogP contribution >= 0.6 is 11.3 Å². The molecule has 0 spiro atoms. The highest BCUT2D eigenvalue weighted by atomic mass is 32.1. The van der Waals surface area contributed by atoms with Crippen molar-refractivity contribution in [3.63, 3.8) is 0 Å². The number of hydrogen-bond donors (Lipinski definition) is 1. The molecule has 2 nitrogen and oxygen atoms in total. The van der Waals surface area contributed by atoms with Gasteiger partial charge in [0.15, 0.2) is 0 Å². The number of nitrogens with one attached hydrogen (secondary N) is 1. The van der Waals surface area contributed by atoms with Gasteiger partial charge in [-0.15, -0.1) is 11.3 Å². The Morgan fingerprint density at radius 1 is 1.22 bits per heavy atom. The van der Waals surface area contributed by atoms with Gasteiger partial charge in [0.25, 0.3) is 0 Å². The fraction of sp³-hybridized carbons (Fsp3) is 0.333. The van der Waals surface area contributed by atoms with Gasteiger partial charge in [-0.1, -0.05) is 31.2 Å². The minimum atomic E-state index is 0.358. The molecule has 3 heteroatoms. The number of hydrogen-bond acceptors (Lipinski definition) is 3. The van der Waals surface area contributed by atoms with Gasteiger partial charge in [-0.25, -0.2) is 0 Å². The summed E-state index contributed by atoms with van der Waals surface area (Å²) in [4.78, 5) is 1.30. The van der Waals surface area contributed by atoms with Gasteiger partial charge in [-0.3, -0.25) is 0 Å². The van der Waals surface area contributed by atoms with Crippen LogP contribution in [0.4, 0.5) is 5.69 Å². The zero-order valence-electron chi connectivity index (χ0n) is 10.8. The van der Waals surface area contributed by atoms with Crippen LogP contribution in [0, 0.1) is 0 Å². The fourth-order valence-electron chi connectivity index (χ4n) is 1.94. The van der Waals surface area contributed by atoms with E-state index in [4.69, 9.17) is 4.74 Å². The number of para-hydroxylation sites is 1. The molecule has 0 saturated carbocycles. The minimum absolute atomic E-state index is 0.358. The first-order valence-corrected chi connectivity index (χ1v) is 7.11. The quantitative estimate of drug-likeness (QED) is 0.839. The van der Waals surface area contributed by atoms with Crippen molar-refractivity contribution in [2.75, 3.05) is 19.0 Å². The van der Waals surface area contributed by atoms with Crippen molar-refractivity contribution in [2.45, 2.75) is 19.4 Å². The molecule has 0 radical (unpaired) electrons. The van der Waals surface area contributed by atoms with Gasteiger partial charge in [-0.05, 0) is 23.9 Å². The van der Waals surface area contributed by atoms with E-state index in [1.807, 2.05) is 0 Å². The summed E-state index contributed by atoms with van der Waals surface area (Å²) in [5.41, 5.74) is 2.45. The SMILES string of the molecule is CCC(COC)Nc1ccccc1-c1cccs1. The Balaban J connectivity index is 2.22. The molecule has 0 aliphatic heterocycles. The van der Waals surface area contributed by atoms with Crippen LogP contribution in [0.1, 0.15) is 13.3 Å². The highest BCUT2D eigenvalue weighted by molar-refractivity contribution is 7.13. The van der Waals surface area contributed by atoms with Crippen molar-refractivity contribution in [1.29, 1.82) is 0 Å². The first-order valence-electron chi connectivity index (χ1n) is 6.23. The van der Waals surface area contributed by atoms with Crippen LogP contribution in [0.25, 0.3) is 10.4 Å². The summed E-state index contributed by atoms with van der Waals surface area (Å²) in [6.07, 6.45) is 1.05. The summed E-state index contributed by atoms with van der Waals surface area (Å²) in [5, 5.41) is 5.68. The van der Waals surface area contributed by atoms with Crippen LogP contribution in [0.5, 0.6) is 0 Å². The van der Waals surface area contributed by atoms with E-state index in [0.29, 0.717) is 6.04 Å². The third-order valence-electron chi connectivity index (χ3n) is 2.93. The van der Waals surface area contributed by atoms with E-state index < -0.39 is 0 Å². The predicted octanol–water partition coefficient (Wildman–Crippen LogP) is 4.25. The molecule has 1 heterocycles. The third-order valence-corrected chi connectivity index (χ3v) is 3.84. The van der Waals surface area contributed by atoms with Gasteiger partial charge < -0.3 is 10.1 Å². The van der Waals surface area contributed by atoms with E-state index in [9.17, 15) is 0 Å². The Labute approximate surface area is 113 Å². The molecule has 18 heavy (non-hydrogen) atoms. The van der Waals surface area contributed by atoms with Crippen molar-refractivity contribution in [3.8, 4) is 10.4 Å². The lowest BCUT2D eigenvalue weighted by Gasteiger charge is -2.19. The molecule has 96 valence electrons. The molecule has 2 aromatic rings. The van der Waals surface area contributed by atoms with Crippen LogP contribution < -0.4 is 5.32 Å². The molecule has 0 aliphatic rings. The van der Waals surface area contributed by atoms with Gasteiger partial charge in [-0.2, -0.15) is 0 Å². The van der Waals surface area contributed by atoms with Crippen molar-refractivity contribution in [3.05, 3.63) is 41.8 Å². The third kappa shape index (κ3) is 3.12. The first-order chi connectivity index (χ1) is 8.85. The van der Waals surface area contributed by atoms with E-state index in [2.05, 4.69) is 54.0 Å². The van der Waals surface area contributed by atoms with E-state index in [0.717, 1.165) is 13.0 Å². The average molecular weight is 261 g/mol. The van der Waals surface area contributed by atoms with Crippen molar-refractivity contribution >= 4 is 17.0 Å². The second kappa shape index (κ2) is 6.57. The zero-order chi connectivity index (χ0) is 12.8. The molecule has 1 aromatic carbocycles. The normalized spacial score (nSPS) is 12.3. The fourth-order valence-corrected chi connectivity index (χ4v) is 2.70. The van der Waals surface area contributed by atoms with Crippen LogP contribution in [0.15, 0.2) is 41.8 Å². The maximum absolute atomic E-state index is 5.24.